The Kier molecular flexibility index (Phi) is 5.52. The number of hydrogen-bond donors (Lipinski definition) is 0. The number of rotatable bonds is 4. The lowest BCUT2D eigenvalue weighted by Gasteiger charge is -2.16. The molecule has 0 saturated heterocycles. The summed E-state index contributed by atoms with van der Waals surface area (Å²) in [4.78, 5) is 12.5. The van der Waals surface area contributed by atoms with E-state index in [1.54, 1.807) is 6.07 Å². The van der Waals surface area contributed by atoms with Crippen molar-refractivity contribution in [2.45, 2.75) is 6.18 Å². The van der Waals surface area contributed by atoms with Crippen molar-refractivity contribution in [2.75, 3.05) is 7.11 Å². The Labute approximate surface area is 185 Å². The Morgan fingerprint density at radius 3 is 2.45 bits per heavy atom. The molecule has 0 N–H and O–H groups in total. The molecule has 0 fully saturated rings. The lowest BCUT2D eigenvalue weighted by Crippen LogP contribution is -2.08. The quantitative estimate of drug-likeness (QED) is 0.350. The number of nitrogens with zero attached hydrogens (tertiary/aromatic N) is 1. The molecule has 3 aromatic rings. The number of fused-ring (bicyclic) bond motifs is 1. The molecule has 0 atom stereocenters. The van der Waals surface area contributed by atoms with Gasteiger partial charge in [0.2, 0.25) is 5.78 Å². The zero-order chi connectivity index (χ0) is 23.8. The maximum Gasteiger partial charge on any atom is 0.420 e. The van der Waals surface area contributed by atoms with E-state index in [4.69, 9.17) is 19.5 Å². The number of carbonyl (C=O) groups is 1. The van der Waals surface area contributed by atoms with E-state index in [1.807, 2.05) is 0 Å². The summed E-state index contributed by atoms with van der Waals surface area (Å²) in [7, 11) is 1.30. The minimum absolute atomic E-state index is 0.0149. The van der Waals surface area contributed by atoms with Gasteiger partial charge < -0.3 is 14.2 Å². The molecule has 4 rings (SSSR count). The molecule has 1 aliphatic rings. The van der Waals surface area contributed by atoms with Crippen molar-refractivity contribution in [2.24, 2.45) is 0 Å². The van der Waals surface area contributed by atoms with Crippen molar-refractivity contribution in [3.63, 3.8) is 0 Å². The molecule has 0 radical (unpaired) electrons. The summed E-state index contributed by atoms with van der Waals surface area (Å²) in [5.41, 5.74) is -0.614. The zero-order valence-electron chi connectivity index (χ0n) is 16.9. The van der Waals surface area contributed by atoms with Gasteiger partial charge in [0, 0.05) is 6.07 Å². The van der Waals surface area contributed by atoms with Crippen molar-refractivity contribution in [1.29, 1.82) is 5.26 Å². The molecule has 0 saturated carbocycles. The van der Waals surface area contributed by atoms with E-state index in [2.05, 4.69) is 0 Å². The first-order valence-corrected chi connectivity index (χ1v) is 9.40. The Balaban J connectivity index is 1.65. The number of ketones is 1. The first-order valence-electron chi connectivity index (χ1n) is 9.40. The molecule has 5 nitrogen and oxygen atoms in total. The van der Waals surface area contributed by atoms with Gasteiger partial charge in [-0.3, -0.25) is 4.79 Å². The highest BCUT2D eigenvalue weighted by atomic mass is 19.4. The topological polar surface area (TPSA) is 68.6 Å². The van der Waals surface area contributed by atoms with E-state index in [9.17, 15) is 22.4 Å². The Hall–Kier alpha value is -4.32. The third-order valence-electron chi connectivity index (χ3n) is 4.75. The SMILES string of the molecule is COc1cc(C=C2Oc3cc(F)ccc3C2=O)ccc1Oc1ccc(C#N)cc1C(F)(F)F. The van der Waals surface area contributed by atoms with E-state index in [0.717, 1.165) is 18.2 Å². The summed E-state index contributed by atoms with van der Waals surface area (Å²) in [5, 5.41) is 8.89. The summed E-state index contributed by atoms with van der Waals surface area (Å²) in [5.74, 6) is -1.35. The number of methoxy groups -OCH3 is 1. The van der Waals surface area contributed by atoms with Crippen LogP contribution in [0.25, 0.3) is 6.08 Å². The van der Waals surface area contributed by atoms with Crippen molar-refractivity contribution < 1.29 is 36.6 Å². The number of benzene rings is 3. The summed E-state index contributed by atoms with van der Waals surface area (Å²) in [6.45, 7) is 0. The lowest BCUT2D eigenvalue weighted by molar-refractivity contribution is -0.138. The molecule has 1 heterocycles. The van der Waals surface area contributed by atoms with E-state index in [-0.39, 0.29) is 34.1 Å². The predicted octanol–water partition coefficient (Wildman–Crippen LogP) is 6.13. The second-order valence-corrected chi connectivity index (χ2v) is 6.91. The first-order chi connectivity index (χ1) is 15.7. The van der Waals surface area contributed by atoms with Crippen LogP contribution >= 0.6 is 0 Å². The number of Topliss-reactive ketones (excluding diaryl/α,β-unsaturated/α-hetero) is 1. The third-order valence-corrected chi connectivity index (χ3v) is 4.75. The average Bonchev–Trinajstić information content (AvgIpc) is 3.08. The highest BCUT2D eigenvalue weighted by molar-refractivity contribution is 6.14. The molecule has 9 heteroatoms. The smallest absolute Gasteiger partial charge is 0.420 e. The molecular weight excluding hydrogens is 442 g/mol. The fourth-order valence-electron chi connectivity index (χ4n) is 3.20. The monoisotopic (exact) mass is 455 g/mol. The van der Waals surface area contributed by atoms with Crippen LogP contribution in [0.1, 0.15) is 27.0 Å². The van der Waals surface area contributed by atoms with Gasteiger partial charge in [0.15, 0.2) is 17.3 Å². The summed E-state index contributed by atoms with van der Waals surface area (Å²) >= 11 is 0. The van der Waals surface area contributed by atoms with Crippen LogP contribution in [0.2, 0.25) is 0 Å². The largest absolute Gasteiger partial charge is 0.493 e. The maximum absolute atomic E-state index is 13.4. The Morgan fingerprint density at radius 1 is 1.00 bits per heavy atom. The highest BCUT2D eigenvalue weighted by Gasteiger charge is 2.35. The molecule has 0 unspecified atom stereocenters. The van der Waals surface area contributed by atoms with Gasteiger partial charge in [-0.25, -0.2) is 4.39 Å². The number of hydrogen-bond acceptors (Lipinski definition) is 5. The number of halogens is 4. The normalized spacial score (nSPS) is 13.9. The number of carbonyl (C=O) groups excluding carboxylic acids is 1. The molecule has 0 aromatic heterocycles. The van der Waals surface area contributed by atoms with E-state index < -0.39 is 29.1 Å². The first kappa shape index (κ1) is 21.9. The van der Waals surface area contributed by atoms with Gasteiger partial charge in [0.25, 0.3) is 0 Å². The van der Waals surface area contributed by atoms with Gasteiger partial charge in [0.05, 0.1) is 29.9 Å². The second-order valence-electron chi connectivity index (χ2n) is 6.91. The van der Waals surface area contributed by atoms with Crippen LogP contribution < -0.4 is 14.2 Å². The number of alkyl halides is 3. The number of nitriles is 1. The minimum atomic E-state index is -4.74. The fourth-order valence-corrected chi connectivity index (χ4v) is 3.20. The fraction of sp³-hybridized carbons (Fsp3) is 0.0833. The molecule has 33 heavy (non-hydrogen) atoms. The highest BCUT2D eigenvalue weighted by Crippen LogP contribution is 2.41. The minimum Gasteiger partial charge on any atom is -0.493 e. The van der Waals surface area contributed by atoms with E-state index in [1.165, 1.54) is 43.5 Å². The molecule has 0 aliphatic carbocycles. The number of ether oxygens (including phenoxy) is 3. The molecule has 3 aromatic carbocycles. The van der Waals surface area contributed by atoms with Gasteiger partial charge in [0.1, 0.15) is 17.3 Å². The summed E-state index contributed by atoms with van der Waals surface area (Å²) in [6, 6.07) is 12.5. The van der Waals surface area contributed by atoms with Crippen molar-refractivity contribution in [1.82, 2.24) is 0 Å². The van der Waals surface area contributed by atoms with Gasteiger partial charge in [-0.2, -0.15) is 18.4 Å². The Bertz CT molecular complexity index is 1340. The van der Waals surface area contributed by atoms with Crippen LogP contribution in [-0.2, 0) is 6.18 Å². The van der Waals surface area contributed by atoms with Gasteiger partial charge in [-0.05, 0) is 54.1 Å². The zero-order valence-corrected chi connectivity index (χ0v) is 16.9. The molecule has 0 amide bonds. The molecular formula is C24H13F4NO4. The lowest BCUT2D eigenvalue weighted by atomic mass is 10.1. The summed E-state index contributed by atoms with van der Waals surface area (Å²) < 4.78 is 69.7. The van der Waals surface area contributed by atoms with Crippen molar-refractivity contribution in [3.05, 3.63) is 88.4 Å². The van der Waals surface area contributed by atoms with Crippen molar-refractivity contribution >= 4 is 11.9 Å². The average molecular weight is 455 g/mol. The van der Waals surface area contributed by atoms with Crippen LogP contribution in [0.5, 0.6) is 23.0 Å². The maximum atomic E-state index is 13.4. The third kappa shape index (κ3) is 4.36. The van der Waals surface area contributed by atoms with Gasteiger partial charge in [-0.1, -0.05) is 6.07 Å². The Morgan fingerprint density at radius 2 is 1.76 bits per heavy atom. The van der Waals surface area contributed by atoms with Crippen LogP contribution in [0, 0.1) is 17.1 Å². The van der Waals surface area contributed by atoms with Gasteiger partial charge >= 0.3 is 6.18 Å². The van der Waals surface area contributed by atoms with E-state index >= 15 is 0 Å². The van der Waals surface area contributed by atoms with Crippen LogP contribution in [0.4, 0.5) is 17.6 Å². The molecule has 1 aliphatic heterocycles. The summed E-state index contributed by atoms with van der Waals surface area (Å²) in [6.07, 6.45) is -3.34. The number of allylic oxidation sites excluding steroid dienone is 1. The van der Waals surface area contributed by atoms with Crippen molar-refractivity contribution in [3.8, 4) is 29.1 Å². The second kappa shape index (κ2) is 8.31. The molecule has 0 bridgehead atoms. The molecule has 166 valence electrons. The van der Waals surface area contributed by atoms with Crippen LogP contribution in [-0.4, -0.2) is 12.9 Å². The van der Waals surface area contributed by atoms with E-state index in [0.29, 0.717) is 11.6 Å². The van der Waals surface area contributed by atoms with Crippen LogP contribution in [0.15, 0.2) is 60.4 Å². The van der Waals surface area contributed by atoms with Gasteiger partial charge in [-0.15, -0.1) is 0 Å². The van der Waals surface area contributed by atoms with Crippen LogP contribution in [0.3, 0.4) is 0 Å². The molecule has 0 spiro atoms. The standard InChI is InChI=1S/C24H13F4NO4/c1-31-21-9-13(10-22-23(30)16-5-4-15(25)11-20(16)33-22)2-7-19(21)32-18-6-3-14(12-29)8-17(18)24(26,27)28/h2-11H,1H3. The predicted molar refractivity (Wildman–Crippen MR) is 109 cm³/mol.